The van der Waals surface area contributed by atoms with Gasteiger partial charge >= 0.3 is 0 Å². The molecule has 0 aliphatic heterocycles. The van der Waals surface area contributed by atoms with Crippen LogP contribution in [0.1, 0.15) is 49.1 Å². The molecule has 1 aromatic heterocycles. The first-order chi connectivity index (χ1) is 13.1. The molecule has 6 nitrogen and oxygen atoms in total. The van der Waals surface area contributed by atoms with Crippen molar-refractivity contribution in [3.8, 4) is 5.75 Å². The van der Waals surface area contributed by atoms with Gasteiger partial charge in [-0.25, -0.2) is 9.97 Å². The van der Waals surface area contributed by atoms with Crippen LogP contribution in [0.3, 0.4) is 0 Å². The summed E-state index contributed by atoms with van der Waals surface area (Å²) in [6, 6.07) is 10.5. The van der Waals surface area contributed by atoms with E-state index in [1.54, 1.807) is 0 Å². The van der Waals surface area contributed by atoms with Gasteiger partial charge in [-0.05, 0) is 39.9 Å². The Morgan fingerprint density at radius 3 is 2.22 bits per heavy atom. The van der Waals surface area contributed by atoms with Crippen LogP contribution >= 0.6 is 0 Å². The zero-order chi connectivity index (χ0) is 20.1. The van der Waals surface area contributed by atoms with E-state index in [9.17, 15) is 4.79 Å². The van der Waals surface area contributed by atoms with Gasteiger partial charge in [0, 0.05) is 12.5 Å². The number of rotatable bonds is 9. The Balaban J connectivity index is 0.00000114. The Kier molecular flexibility index (Phi) is 10.7. The quantitative estimate of drug-likeness (QED) is 0.651. The monoisotopic (exact) mass is 372 g/mol. The first-order valence-electron chi connectivity index (χ1n) is 9.40. The SMILES string of the molecule is CCCCC(CNc1nc(C)c(OC=O)c(C)n1)c1ccccc1.CNC. The maximum Gasteiger partial charge on any atom is 0.298 e. The second kappa shape index (κ2) is 12.8. The molecular weight excluding hydrogens is 340 g/mol. The highest BCUT2D eigenvalue weighted by Gasteiger charge is 2.13. The Labute approximate surface area is 162 Å². The lowest BCUT2D eigenvalue weighted by molar-refractivity contribution is -0.120. The zero-order valence-electron chi connectivity index (χ0n) is 17.1. The van der Waals surface area contributed by atoms with Gasteiger partial charge in [0.15, 0.2) is 5.75 Å². The molecule has 2 rings (SSSR count). The Morgan fingerprint density at radius 1 is 1.11 bits per heavy atom. The molecule has 1 atom stereocenters. The van der Waals surface area contributed by atoms with Gasteiger partial charge in [-0.15, -0.1) is 0 Å². The van der Waals surface area contributed by atoms with E-state index in [1.165, 1.54) is 18.4 Å². The molecule has 0 saturated heterocycles. The number of anilines is 1. The fourth-order valence-electron chi connectivity index (χ4n) is 2.78. The lowest BCUT2D eigenvalue weighted by Gasteiger charge is -2.18. The number of carbonyl (C=O) groups excluding carboxylic acids is 1. The van der Waals surface area contributed by atoms with E-state index in [2.05, 4.69) is 51.8 Å². The van der Waals surface area contributed by atoms with Crippen molar-refractivity contribution in [2.45, 2.75) is 46.0 Å². The largest absolute Gasteiger partial charge is 0.425 e. The van der Waals surface area contributed by atoms with Crippen LogP contribution in [0.4, 0.5) is 5.95 Å². The Hall–Kier alpha value is -2.47. The molecule has 6 heteroatoms. The summed E-state index contributed by atoms with van der Waals surface area (Å²) in [6.07, 6.45) is 3.49. The highest BCUT2D eigenvalue weighted by molar-refractivity contribution is 5.49. The number of hydrogen-bond donors (Lipinski definition) is 2. The molecule has 2 aromatic rings. The van der Waals surface area contributed by atoms with Gasteiger partial charge in [-0.3, -0.25) is 4.79 Å². The third-order valence-electron chi connectivity index (χ3n) is 4.05. The summed E-state index contributed by atoms with van der Waals surface area (Å²) >= 11 is 0. The van der Waals surface area contributed by atoms with Crippen LogP contribution in [0, 0.1) is 13.8 Å². The molecule has 0 aliphatic carbocycles. The van der Waals surface area contributed by atoms with Crippen molar-refractivity contribution >= 4 is 12.4 Å². The van der Waals surface area contributed by atoms with Gasteiger partial charge in [0.25, 0.3) is 6.47 Å². The van der Waals surface area contributed by atoms with Gasteiger partial charge in [0.2, 0.25) is 5.95 Å². The van der Waals surface area contributed by atoms with Crippen LogP contribution in [0.25, 0.3) is 0 Å². The molecule has 1 heterocycles. The summed E-state index contributed by atoms with van der Waals surface area (Å²) in [5.74, 6) is 1.42. The Bertz CT molecular complexity index is 654. The second-order valence-electron chi connectivity index (χ2n) is 6.39. The third-order valence-corrected chi connectivity index (χ3v) is 4.05. The maximum atomic E-state index is 10.5. The van der Waals surface area contributed by atoms with Crippen LogP contribution in [0.5, 0.6) is 5.75 Å². The smallest absolute Gasteiger partial charge is 0.298 e. The summed E-state index contributed by atoms with van der Waals surface area (Å²) in [5, 5.41) is 6.09. The molecular formula is C21H32N4O2. The van der Waals surface area contributed by atoms with E-state index in [0.29, 0.717) is 35.5 Å². The van der Waals surface area contributed by atoms with Crippen LogP contribution in [-0.2, 0) is 4.79 Å². The number of carbonyl (C=O) groups is 1. The molecule has 1 aromatic carbocycles. The van der Waals surface area contributed by atoms with Gasteiger partial charge < -0.3 is 15.4 Å². The van der Waals surface area contributed by atoms with Crippen molar-refractivity contribution in [3.05, 3.63) is 47.3 Å². The van der Waals surface area contributed by atoms with E-state index < -0.39 is 0 Å². The number of hydrogen-bond acceptors (Lipinski definition) is 6. The second-order valence-corrected chi connectivity index (χ2v) is 6.39. The summed E-state index contributed by atoms with van der Waals surface area (Å²) in [7, 11) is 3.75. The highest BCUT2D eigenvalue weighted by atomic mass is 16.5. The summed E-state index contributed by atoms with van der Waals surface area (Å²) in [6.45, 7) is 7.00. The molecule has 27 heavy (non-hydrogen) atoms. The van der Waals surface area contributed by atoms with E-state index in [1.807, 2.05) is 34.0 Å². The van der Waals surface area contributed by atoms with Crippen LogP contribution in [0.15, 0.2) is 30.3 Å². The predicted octanol–water partition coefficient (Wildman–Crippen LogP) is 3.85. The topological polar surface area (TPSA) is 76.1 Å². The number of aromatic nitrogens is 2. The number of aryl methyl sites for hydroxylation is 2. The molecule has 0 spiro atoms. The number of benzene rings is 1. The molecule has 0 amide bonds. The number of nitrogens with one attached hydrogen (secondary N) is 2. The first kappa shape index (κ1) is 22.6. The maximum absolute atomic E-state index is 10.5. The predicted molar refractivity (Wildman–Crippen MR) is 110 cm³/mol. The summed E-state index contributed by atoms with van der Waals surface area (Å²) in [4.78, 5) is 19.3. The average Bonchev–Trinajstić information content (AvgIpc) is 2.66. The van der Waals surface area contributed by atoms with E-state index >= 15 is 0 Å². The number of ether oxygens (including phenoxy) is 1. The van der Waals surface area contributed by atoms with Crippen molar-refractivity contribution in [1.82, 2.24) is 15.3 Å². The van der Waals surface area contributed by atoms with Crippen molar-refractivity contribution in [2.75, 3.05) is 26.0 Å². The van der Waals surface area contributed by atoms with Crippen LogP contribution in [-0.4, -0.2) is 37.1 Å². The molecule has 0 saturated carbocycles. The number of nitrogens with zero attached hydrogens (tertiary/aromatic N) is 2. The van der Waals surface area contributed by atoms with Crippen molar-refractivity contribution in [3.63, 3.8) is 0 Å². The van der Waals surface area contributed by atoms with Gasteiger partial charge in [0.1, 0.15) is 0 Å². The molecule has 148 valence electrons. The zero-order valence-corrected chi connectivity index (χ0v) is 17.1. The summed E-state index contributed by atoms with van der Waals surface area (Å²) < 4.78 is 4.94. The highest BCUT2D eigenvalue weighted by Crippen LogP contribution is 2.24. The van der Waals surface area contributed by atoms with Gasteiger partial charge in [-0.1, -0.05) is 50.1 Å². The number of unbranched alkanes of at least 4 members (excludes halogenated alkanes) is 1. The lowest BCUT2D eigenvalue weighted by Crippen LogP contribution is -2.15. The standard InChI is InChI=1S/C19H25N3O2.C2H7N/c1-4-5-9-17(16-10-7-6-8-11-16)12-20-19-21-14(2)18(24-13-23)15(3)22-19;1-3-2/h6-8,10-11,13,17H,4-5,9,12H2,1-3H3,(H,20,21,22);3H,1-2H3. The normalized spacial score (nSPS) is 11.1. The van der Waals surface area contributed by atoms with Crippen LogP contribution < -0.4 is 15.4 Å². The molecule has 2 N–H and O–H groups in total. The Morgan fingerprint density at radius 2 is 1.70 bits per heavy atom. The molecule has 0 bridgehead atoms. The molecule has 0 fully saturated rings. The first-order valence-corrected chi connectivity index (χ1v) is 9.40. The minimum Gasteiger partial charge on any atom is -0.425 e. The van der Waals surface area contributed by atoms with E-state index in [0.717, 1.165) is 13.0 Å². The fraction of sp³-hybridized carbons (Fsp3) is 0.476. The lowest BCUT2D eigenvalue weighted by atomic mass is 9.93. The molecule has 0 radical (unpaired) electrons. The van der Waals surface area contributed by atoms with E-state index in [4.69, 9.17) is 4.74 Å². The molecule has 0 aliphatic rings. The van der Waals surface area contributed by atoms with Crippen molar-refractivity contribution in [1.29, 1.82) is 0 Å². The van der Waals surface area contributed by atoms with Gasteiger partial charge in [0.05, 0.1) is 11.4 Å². The third kappa shape index (κ3) is 7.74. The van der Waals surface area contributed by atoms with Gasteiger partial charge in [-0.2, -0.15) is 0 Å². The van der Waals surface area contributed by atoms with Crippen molar-refractivity contribution in [2.24, 2.45) is 0 Å². The summed E-state index contributed by atoms with van der Waals surface area (Å²) in [5.41, 5.74) is 2.64. The minimum absolute atomic E-state index is 0.405. The van der Waals surface area contributed by atoms with Crippen LogP contribution in [0.2, 0.25) is 0 Å². The molecule has 1 unspecified atom stereocenters. The fourth-order valence-corrected chi connectivity index (χ4v) is 2.78. The van der Waals surface area contributed by atoms with Crippen molar-refractivity contribution < 1.29 is 9.53 Å². The van der Waals surface area contributed by atoms with E-state index in [-0.39, 0.29) is 0 Å². The minimum atomic E-state index is 0.405. The average molecular weight is 373 g/mol.